The van der Waals surface area contributed by atoms with Crippen molar-refractivity contribution >= 4 is 10.0 Å². The molecule has 2 rings (SSSR count). The van der Waals surface area contributed by atoms with Crippen LogP contribution in [0.5, 0.6) is 0 Å². The lowest BCUT2D eigenvalue weighted by molar-refractivity contribution is 0.302. The van der Waals surface area contributed by atoms with E-state index >= 15 is 0 Å². The van der Waals surface area contributed by atoms with Gasteiger partial charge in [0, 0.05) is 19.6 Å². The van der Waals surface area contributed by atoms with Crippen molar-refractivity contribution in [1.82, 2.24) is 9.21 Å². The summed E-state index contributed by atoms with van der Waals surface area (Å²) in [6.45, 7) is 5.70. The second-order valence-electron chi connectivity index (χ2n) is 4.65. The molecule has 0 unspecified atom stereocenters. The first-order valence-electron chi connectivity index (χ1n) is 6.52. The van der Waals surface area contributed by atoms with Crippen LogP contribution in [0.1, 0.15) is 13.3 Å². The van der Waals surface area contributed by atoms with Gasteiger partial charge in [0.05, 0.1) is 4.90 Å². The number of sulfonamides is 1. The standard InChI is InChI=1S/C13H19FN2O2S/c1-2-15-8-3-9-16(11-10-15)19(17,18)13-6-4-12(14)5-7-13/h4-7H,2-3,8-11H2,1H3. The van der Waals surface area contributed by atoms with Gasteiger partial charge in [0.1, 0.15) is 5.82 Å². The number of benzene rings is 1. The van der Waals surface area contributed by atoms with Crippen molar-refractivity contribution in [3.63, 3.8) is 0 Å². The Labute approximate surface area is 113 Å². The van der Waals surface area contributed by atoms with E-state index in [-0.39, 0.29) is 4.90 Å². The SMILES string of the molecule is CCN1CCCN(S(=O)(=O)c2ccc(F)cc2)CC1. The van der Waals surface area contributed by atoms with Gasteiger partial charge in [-0.1, -0.05) is 6.92 Å². The topological polar surface area (TPSA) is 40.6 Å². The first kappa shape index (κ1) is 14.4. The summed E-state index contributed by atoms with van der Waals surface area (Å²) in [6, 6.07) is 5.02. The van der Waals surface area contributed by atoms with E-state index in [1.54, 1.807) is 0 Å². The zero-order valence-electron chi connectivity index (χ0n) is 11.0. The van der Waals surface area contributed by atoms with Gasteiger partial charge in [-0.15, -0.1) is 0 Å². The minimum absolute atomic E-state index is 0.166. The summed E-state index contributed by atoms with van der Waals surface area (Å²) >= 11 is 0. The van der Waals surface area contributed by atoms with Crippen LogP contribution in [-0.4, -0.2) is 50.3 Å². The van der Waals surface area contributed by atoms with Crippen LogP contribution in [0.3, 0.4) is 0 Å². The molecule has 0 aliphatic carbocycles. The molecule has 1 aliphatic rings. The van der Waals surface area contributed by atoms with Crippen LogP contribution >= 0.6 is 0 Å². The zero-order chi connectivity index (χ0) is 13.9. The summed E-state index contributed by atoms with van der Waals surface area (Å²) in [5.41, 5.74) is 0. The van der Waals surface area contributed by atoms with Gasteiger partial charge in [-0.2, -0.15) is 4.31 Å². The first-order valence-corrected chi connectivity index (χ1v) is 7.96. The van der Waals surface area contributed by atoms with Gasteiger partial charge in [-0.25, -0.2) is 12.8 Å². The van der Waals surface area contributed by atoms with Crippen molar-refractivity contribution < 1.29 is 12.8 Å². The molecule has 0 radical (unpaired) electrons. The Balaban J connectivity index is 2.17. The fraction of sp³-hybridized carbons (Fsp3) is 0.538. The Morgan fingerprint density at radius 2 is 1.79 bits per heavy atom. The molecule has 0 atom stereocenters. The third-order valence-corrected chi connectivity index (χ3v) is 5.36. The molecule has 0 N–H and O–H groups in total. The monoisotopic (exact) mass is 286 g/mol. The van der Waals surface area contributed by atoms with Crippen LogP contribution in [0.2, 0.25) is 0 Å². The molecular weight excluding hydrogens is 267 g/mol. The second kappa shape index (κ2) is 5.98. The maximum Gasteiger partial charge on any atom is 0.243 e. The molecule has 0 bridgehead atoms. The molecule has 0 aromatic heterocycles. The third kappa shape index (κ3) is 3.32. The summed E-state index contributed by atoms with van der Waals surface area (Å²) in [5.74, 6) is -0.424. The summed E-state index contributed by atoms with van der Waals surface area (Å²) in [6.07, 6.45) is 0.828. The predicted octanol–water partition coefficient (Wildman–Crippen LogP) is 1.54. The minimum atomic E-state index is -3.49. The smallest absolute Gasteiger partial charge is 0.243 e. The molecule has 0 saturated carbocycles. The molecule has 0 spiro atoms. The van der Waals surface area contributed by atoms with E-state index in [4.69, 9.17) is 0 Å². The first-order chi connectivity index (χ1) is 9.04. The lowest BCUT2D eigenvalue weighted by Crippen LogP contribution is -2.35. The van der Waals surface area contributed by atoms with Crippen LogP contribution in [0.15, 0.2) is 29.2 Å². The second-order valence-corrected chi connectivity index (χ2v) is 6.58. The van der Waals surface area contributed by atoms with E-state index in [2.05, 4.69) is 11.8 Å². The number of rotatable bonds is 3. The van der Waals surface area contributed by atoms with Crippen LogP contribution in [-0.2, 0) is 10.0 Å². The molecular formula is C13H19FN2O2S. The predicted molar refractivity (Wildman–Crippen MR) is 71.9 cm³/mol. The zero-order valence-corrected chi connectivity index (χ0v) is 11.9. The minimum Gasteiger partial charge on any atom is -0.302 e. The molecule has 19 heavy (non-hydrogen) atoms. The van der Waals surface area contributed by atoms with Gasteiger partial charge in [0.15, 0.2) is 0 Å². The average Bonchev–Trinajstić information content (AvgIpc) is 2.65. The van der Waals surface area contributed by atoms with Crippen molar-refractivity contribution in [3.8, 4) is 0 Å². The van der Waals surface area contributed by atoms with E-state index in [0.29, 0.717) is 13.1 Å². The fourth-order valence-electron chi connectivity index (χ4n) is 2.26. The molecule has 1 saturated heterocycles. The number of hydrogen-bond donors (Lipinski definition) is 0. The van der Waals surface area contributed by atoms with Crippen LogP contribution in [0, 0.1) is 5.82 Å². The van der Waals surface area contributed by atoms with Crippen molar-refractivity contribution in [3.05, 3.63) is 30.1 Å². The van der Waals surface area contributed by atoms with E-state index in [1.165, 1.54) is 28.6 Å². The van der Waals surface area contributed by atoms with Gasteiger partial charge in [-0.3, -0.25) is 0 Å². The molecule has 1 aromatic carbocycles. The molecule has 106 valence electrons. The highest BCUT2D eigenvalue weighted by Gasteiger charge is 2.26. The lowest BCUT2D eigenvalue weighted by atomic mass is 10.4. The highest BCUT2D eigenvalue weighted by Crippen LogP contribution is 2.18. The van der Waals surface area contributed by atoms with Gasteiger partial charge in [0.25, 0.3) is 0 Å². The van der Waals surface area contributed by atoms with E-state index in [9.17, 15) is 12.8 Å². The highest BCUT2D eigenvalue weighted by molar-refractivity contribution is 7.89. The van der Waals surface area contributed by atoms with E-state index < -0.39 is 15.8 Å². The van der Waals surface area contributed by atoms with E-state index in [1.807, 2.05) is 0 Å². The van der Waals surface area contributed by atoms with E-state index in [0.717, 1.165) is 26.1 Å². The largest absolute Gasteiger partial charge is 0.302 e. The third-order valence-electron chi connectivity index (χ3n) is 3.45. The summed E-state index contributed by atoms with van der Waals surface area (Å²) < 4.78 is 39.2. The van der Waals surface area contributed by atoms with Gasteiger partial charge >= 0.3 is 0 Å². The van der Waals surface area contributed by atoms with Crippen LogP contribution in [0.25, 0.3) is 0 Å². The number of nitrogens with zero attached hydrogens (tertiary/aromatic N) is 2. The average molecular weight is 286 g/mol. The van der Waals surface area contributed by atoms with Crippen molar-refractivity contribution in [2.45, 2.75) is 18.2 Å². The Morgan fingerprint density at radius 1 is 1.11 bits per heavy atom. The molecule has 0 amide bonds. The fourth-order valence-corrected chi connectivity index (χ4v) is 3.73. The van der Waals surface area contributed by atoms with Crippen molar-refractivity contribution in [2.24, 2.45) is 0 Å². The van der Waals surface area contributed by atoms with Gasteiger partial charge < -0.3 is 4.90 Å². The quantitative estimate of drug-likeness (QED) is 0.846. The molecule has 4 nitrogen and oxygen atoms in total. The summed E-state index contributed by atoms with van der Waals surface area (Å²) in [7, 11) is -3.49. The number of likely N-dealkylation sites (N-methyl/N-ethyl adjacent to an activating group) is 1. The molecule has 1 aromatic rings. The molecule has 1 aliphatic heterocycles. The lowest BCUT2D eigenvalue weighted by Gasteiger charge is -2.20. The van der Waals surface area contributed by atoms with Gasteiger partial charge in [0.2, 0.25) is 10.0 Å². The Bertz CT molecular complexity index is 516. The Hall–Kier alpha value is -0.980. The molecule has 1 heterocycles. The maximum absolute atomic E-state index is 12.9. The summed E-state index contributed by atoms with van der Waals surface area (Å²) in [4.78, 5) is 2.40. The Morgan fingerprint density at radius 3 is 2.42 bits per heavy atom. The highest BCUT2D eigenvalue weighted by atomic mass is 32.2. The Kier molecular flexibility index (Phi) is 4.54. The summed E-state index contributed by atoms with van der Waals surface area (Å²) in [5, 5.41) is 0. The molecule has 1 fully saturated rings. The van der Waals surface area contributed by atoms with Crippen LogP contribution in [0.4, 0.5) is 4.39 Å². The van der Waals surface area contributed by atoms with Crippen molar-refractivity contribution in [1.29, 1.82) is 0 Å². The van der Waals surface area contributed by atoms with Gasteiger partial charge in [-0.05, 0) is 43.8 Å². The van der Waals surface area contributed by atoms with Crippen molar-refractivity contribution in [2.75, 3.05) is 32.7 Å². The normalized spacial score (nSPS) is 19.3. The van der Waals surface area contributed by atoms with Crippen LogP contribution < -0.4 is 0 Å². The molecule has 6 heteroatoms. The number of hydrogen-bond acceptors (Lipinski definition) is 3. The maximum atomic E-state index is 12.9. The number of halogens is 1.